The SMILES string of the molecule is CC1(C(=O)NS(=O)(=O)c2cccc(F)c2)CCN1C(=O)C1(c2ccccc2)CCCC1. The fourth-order valence-corrected chi connectivity index (χ4v) is 5.77. The van der Waals surface area contributed by atoms with E-state index in [0.29, 0.717) is 25.8 Å². The monoisotopic (exact) mass is 444 g/mol. The average molecular weight is 445 g/mol. The zero-order valence-corrected chi connectivity index (χ0v) is 18.1. The van der Waals surface area contributed by atoms with Crippen LogP contribution in [0.1, 0.15) is 44.6 Å². The maximum atomic E-state index is 13.7. The molecule has 2 aromatic rings. The Bertz CT molecular complexity index is 1110. The summed E-state index contributed by atoms with van der Waals surface area (Å²) in [5.74, 6) is -1.63. The lowest BCUT2D eigenvalue weighted by Gasteiger charge is -2.52. The lowest BCUT2D eigenvalue weighted by atomic mass is 9.74. The quantitative estimate of drug-likeness (QED) is 0.768. The number of hydrogen-bond donors (Lipinski definition) is 1. The van der Waals surface area contributed by atoms with Crippen molar-refractivity contribution in [2.75, 3.05) is 6.54 Å². The molecule has 2 aromatic carbocycles. The number of hydrogen-bond acceptors (Lipinski definition) is 4. The van der Waals surface area contributed by atoms with E-state index in [4.69, 9.17) is 0 Å². The van der Waals surface area contributed by atoms with Crippen molar-refractivity contribution in [3.05, 3.63) is 66.0 Å². The van der Waals surface area contributed by atoms with Gasteiger partial charge in [0.1, 0.15) is 11.4 Å². The van der Waals surface area contributed by atoms with Crippen molar-refractivity contribution in [2.24, 2.45) is 0 Å². The van der Waals surface area contributed by atoms with Crippen LogP contribution in [0, 0.1) is 5.82 Å². The molecule has 1 N–H and O–H groups in total. The van der Waals surface area contributed by atoms with Crippen LogP contribution in [0.2, 0.25) is 0 Å². The third-order valence-electron chi connectivity index (χ3n) is 6.68. The standard InChI is InChI=1S/C23H25FN2O4S/c1-22(20(27)25-31(29,30)19-11-7-10-18(24)16-19)14-15-26(22)21(28)23(12-5-6-13-23)17-8-3-2-4-9-17/h2-4,7-11,16H,5-6,12-15H2,1H3,(H,25,27). The molecule has 2 fully saturated rings. The van der Waals surface area contributed by atoms with E-state index in [0.717, 1.165) is 30.5 Å². The lowest BCUT2D eigenvalue weighted by Crippen LogP contribution is -2.70. The Morgan fingerprint density at radius 1 is 1.00 bits per heavy atom. The maximum absolute atomic E-state index is 13.7. The van der Waals surface area contributed by atoms with Gasteiger partial charge in [-0.25, -0.2) is 17.5 Å². The molecule has 1 saturated carbocycles. The first-order chi connectivity index (χ1) is 14.7. The highest BCUT2D eigenvalue weighted by atomic mass is 32.2. The van der Waals surface area contributed by atoms with Crippen LogP contribution in [0.15, 0.2) is 59.5 Å². The first-order valence-electron chi connectivity index (χ1n) is 10.4. The molecule has 1 atom stereocenters. The summed E-state index contributed by atoms with van der Waals surface area (Å²) >= 11 is 0. The van der Waals surface area contributed by atoms with Crippen LogP contribution in [-0.2, 0) is 25.0 Å². The normalized spacial score (nSPS) is 22.6. The predicted molar refractivity (Wildman–Crippen MR) is 113 cm³/mol. The Morgan fingerprint density at radius 2 is 1.68 bits per heavy atom. The smallest absolute Gasteiger partial charge is 0.264 e. The molecule has 1 unspecified atom stereocenters. The van der Waals surface area contributed by atoms with Crippen LogP contribution in [0.25, 0.3) is 0 Å². The highest BCUT2D eigenvalue weighted by molar-refractivity contribution is 7.90. The summed E-state index contributed by atoms with van der Waals surface area (Å²) < 4.78 is 40.7. The molecule has 1 aliphatic heterocycles. The van der Waals surface area contributed by atoms with Gasteiger partial charge in [0.05, 0.1) is 10.3 Å². The molecule has 4 rings (SSSR count). The third kappa shape index (κ3) is 3.63. The van der Waals surface area contributed by atoms with Gasteiger partial charge in [0, 0.05) is 6.54 Å². The number of likely N-dealkylation sites (tertiary alicyclic amines) is 1. The van der Waals surface area contributed by atoms with E-state index in [-0.39, 0.29) is 10.8 Å². The number of rotatable bonds is 5. The van der Waals surface area contributed by atoms with Crippen molar-refractivity contribution < 1.29 is 22.4 Å². The van der Waals surface area contributed by atoms with Gasteiger partial charge in [-0.2, -0.15) is 0 Å². The van der Waals surface area contributed by atoms with Gasteiger partial charge < -0.3 is 4.90 Å². The van der Waals surface area contributed by atoms with E-state index in [9.17, 15) is 22.4 Å². The van der Waals surface area contributed by atoms with Gasteiger partial charge in [0.25, 0.3) is 15.9 Å². The van der Waals surface area contributed by atoms with E-state index < -0.39 is 32.7 Å². The van der Waals surface area contributed by atoms with Crippen LogP contribution in [0.5, 0.6) is 0 Å². The molecule has 8 heteroatoms. The minimum Gasteiger partial charge on any atom is -0.327 e. The number of carbonyl (C=O) groups is 2. The number of nitrogens with zero attached hydrogens (tertiary/aromatic N) is 1. The Hall–Kier alpha value is -2.74. The largest absolute Gasteiger partial charge is 0.327 e. The minimum absolute atomic E-state index is 0.136. The van der Waals surface area contributed by atoms with Crippen LogP contribution < -0.4 is 4.72 Å². The molecular formula is C23H25FN2O4S. The van der Waals surface area contributed by atoms with Crippen molar-refractivity contribution in [1.82, 2.24) is 9.62 Å². The van der Waals surface area contributed by atoms with E-state index in [2.05, 4.69) is 0 Å². The van der Waals surface area contributed by atoms with Crippen molar-refractivity contribution >= 4 is 21.8 Å². The second kappa shape index (κ2) is 7.75. The van der Waals surface area contributed by atoms with E-state index in [1.807, 2.05) is 35.1 Å². The molecule has 31 heavy (non-hydrogen) atoms. The van der Waals surface area contributed by atoms with Crippen molar-refractivity contribution in [1.29, 1.82) is 0 Å². The highest BCUT2D eigenvalue weighted by Gasteiger charge is 2.56. The maximum Gasteiger partial charge on any atom is 0.264 e. The second-order valence-electron chi connectivity index (χ2n) is 8.53. The third-order valence-corrected chi connectivity index (χ3v) is 8.01. The molecule has 2 aliphatic rings. The second-order valence-corrected chi connectivity index (χ2v) is 10.2. The van der Waals surface area contributed by atoms with Crippen molar-refractivity contribution in [3.8, 4) is 0 Å². The summed E-state index contributed by atoms with van der Waals surface area (Å²) in [5.41, 5.74) is -1.04. The van der Waals surface area contributed by atoms with Crippen LogP contribution in [0.3, 0.4) is 0 Å². The van der Waals surface area contributed by atoms with Gasteiger partial charge in [-0.1, -0.05) is 49.2 Å². The van der Waals surface area contributed by atoms with Crippen LogP contribution in [0.4, 0.5) is 4.39 Å². The Morgan fingerprint density at radius 3 is 2.26 bits per heavy atom. The predicted octanol–water partition coefficient (Wildman–Crippen LogP) is 3.13. The minimum atomic E-state index is -4.25. The van der Waals surface area contributed by atoms with Gasteiger partial charge >= 0.3 is 0 Å². The van der Waals surface area contributed by atoms with Gasteiger partial charge in [0.2, 0.25) is 5.91 Å². The number of halogens is 1. The van der Waals surface area contributed by atoms with Gasteiger partial charge in [-0.15, -0.1) is 0 Å². The molecule has 1 heterocycles. The zero-order chi connectivity index (χ0) is 22.3. The summed E-state index contributed by atoms with van der Waals surface area (Å²) in [6.45, 7) is 1.97. The number of nitrogens with one attached hydrogen (secondary N) is 1. The fraction of sp³-hybridized carbons (Fsp3) is 0.391. The molecule has 0 aromatic heterocycles. The van der Waals surface area contributed by atoms with Crippen molar-refractivity contribution in [2.45, 2.75) is 54.9 Å². The fourth-order valence-electron chi connectivity index (χ4n) is 4.67. The van der Waals surface area contributed by atoms with Crippen LogP contribution in [-0.4, -0.2) is 37.2 Å². The number of amides is 2. The number of sulfonamides is 1. The van der Waals surface area contributed by atoms with Crippen molar-refractivity contribution in [3.63, 3.8) is 0 Å². The summed E-state index contributed by atoms with van der Waals surface area (Å²) in [5, 5.41) is 0. The molecular weight excluding hydrogens is 419 g/mol. The number of benzene rings is 2. The Balaban J connectivity index is 1.58. The highest BCUT2D eigenvalue weighted by Crippen LogP contribution is 2.46. The van der Waals surface area contributed by atoms with Gasteiger partial charge in [-0.05, 0) is 49.9 Å². The number of carbonyl (C=O) groups excluding carboxylic acids is 2. The first kappa shape index (κ1) is 21.5. The lowest BCUT2D eigenvalue weighted by molar-refractivity contribution is -0.161. The van der Waals surface area contributed by atoms with E-state index in [1.54, 1.807) is 6.92 Å². The van der Waals surface area contributed by atoms with Gasteiger partial charge in [-0.3, -0.25) is 9.59 Å². The Kier molecular flexibility index (Phi) is 5.37. The zero-order valence-electron chi connectivity index (χ0n) is 17.3. The molecule has 0 spiro atoms. The molecule has 2 amide bonds. The molecule has 1 aliphatic carbocycles. The molecule has 164 valence electrons. The molecule has 1 saturated heterocycles. The van der Waals surface area contributed by atoms with E-state index >= 15 is 0 Å². The van der Waals surface area contributed by atoms with Gasteiger partial charge in [0.15, 0.2) is 0 Å². The molecule has 0 radical (unpaired) electrons. The average Bonchev–Trinajstić information content (AvgIpc) is 3.24. The van der Waals surface area contributed by atoms with E-state index in [1.165, 1.54) is 17.0 Å². The summed E-state index contributed by atoms with van der Waals surface area (Å²) in [6, 6.07) is 14.0. The topological polar surface area (TPSA) is 83.6 Å². The first-order valence-corrected chi connectivity index (χ1v) is 11.9. The van der Waals surface area contributed by atoms with Crippen LogP contribution >= 0.6 is 0 Å². The summed E-state index contributed by atoms with van der Waals surface area (Å²) in [7, 11) is -4.25. The molecule has 0 bridgehead atoms. The summed E-state index contributed by atoms with van der Waals surface area (Å²) in [6.07, 6.45) is 3.60. The summed E-state index contributed by atoms with van der Waals surface area (Å²) in [4.78, 5) is 27.9. The Labute approximate surface area is 181 Å². The molecule has 6 nitrogen and oxygen atoms in total.